The molecule has 5 nitrogen and oxygen atoms in total. The van der Waals surface area contributed by atoms with Crippen LogP contribution in [0.4, 0.5) is 0 Å². The van der Waals surface area contributed by atoms with E-state index in [-0.39, 0.29) is 11.3 Å². The molecule has 134 valence electrons. The molecule has 0 radical (unpaired) electrons. The number of piperidine rings is 1. The molecular weight excluding hydrogens is 334 g/mol. The molecule has 1 aromatic heterocycles. The summed E-state index contributed by atoms with van der Waals surface area (Å²) in [7, 11) is 1.73. The van der Waals surface area contributed by atoms with E-state index in [1.807, 2.05) is 35.7 Å². The summed E-state index contributed by atoms with van der Waals surface area (Å²) in [5.41, 5.74) is 1.97. The highest BCUT2D eigenvalue weighted by Crippen LogP contribution is 2.28. The fraction of sp³-hybridized carbons (Fsp3) is 0.474. The third-order valence-electron chi connectivity index (χ3n) is 4.69. The van der Waals surface area contributed by atoms with Crippen molar-refractivity contribution >= 4 is 17.2 Å². The molecular formula is C19H25N3O2S. The second-order valence-corrected chi connectivity index (χ2v) is 7.50. The predicted molar refractivity (Wildman–Crippen MR) is 101 cm³/mol. The monoisotopic (exact) mass is 359 g/mol. The topological polar surface area (TPSA) is 63.2 Å². The number of nitrogens with zero attached hydrogens (tertiary/aromatic N) is 1. The minimum atomic E-state index is 0.0268. The maximum atomic E-state index is 12.3. The third kappa shape index (κ3) is 4.87. The lowest BCUT2D eigenvalue weighted by Crippen LogP contribution is -2.47. The van der Waals surface area contributed by atoms with Crippen LogP contribution in [0.3, 0.4) is 0 Å². The van der Waals surface area contributed by atoms with Crippen LogP contribution >= 0.6 is 11.3 Å². The van der Waals surface area contributed by atoms with Crippen LogP contribution in [-0.4, -0.2) is 44.2 Å². The molecule has 1 amide bonds. The van der Waals surface area contributed by atoms with E-state index in [2.05, 4.69) is 15.6 Å². The maximum Gasteiger partial charge on any atom is 0.226 e. The van der Waals surface area contributed by atoms with Crippen LogP contribution in [0.25, 0.3) is 10.6 Å². The van der Waals surface area contributed by atoms with Crippen molar-refractivity contribution in [1.29, 1.82) is 0 Å². The van der Waals surface area contributed by atoms with Gasteiger partial charge >= 0.3 is 0 Å². The number of carbonyl (C=O) groups excluding carboxylic acids is 1. The number of aromatic nitrogens is 1. The van der Waals surface area contributed by atoms with Crippen molar-refractivity contribution in [1.82, 2.24) is 15.6 Å². The van der Waals surface area contributed by atoms with Crippen LogP contribution in [0.1, 0.15) is 18.5 Å². The van der Waals surface area contributed by atoms with Gasteiger partial charge in [0.1, 0.15) is 5.01 Å². The van der Waals surface area contributed by atoms with Gasteiger partial charge in [0, 0.05) is 30.0 Å². The Morgan fingerprint density at radius 3 is 2.80 bits per heavy atom. The van der Waals surface area contributed by atoms with Gasteiger partial charge < -0.3 is 15.4 Å². The van der Waals surface area contributed by atoms with E-state index in [0.29, 0.717) is 19.6 Å². The zero-order valence-electron chi connectivity index (χ0n) is 14.6. The summed E-state index contributed by atoms with van der Waals surface area (Å²) in [6.07, 6.45) is 2.37. The van der Waals surface area contributed by atoms with Gasteiger partial charge in [-0.1, -0.05) is 30.3 Å². The SMILES string of the molecule is COCC1(CNC(=O)Cc2csc(-c3ccccc3)n2)CCNCC1. The van der Waals surface area contributed by atoms with Crippen molar-refractivity contribution in [2.24, 2.45) is 5.41 Å². The van der Waals surface area contributed by atoms with Gasteiger partial charge in [0.15, 0.2) is 0 Å². The summed E-state index contributed by atoms with van der Waals surface area (Å²) >= 11 is 1.58. The van der Waals surface area contributed by atoms with E-state index in [1.165, 1.54) is 0 Å². The number of thiazole rings is 1. The van der Waals surface area contributed by atoms with Crippen LogP contribution in [0.5, 0.6) is 0 Å². The van der Waals surface area contributed by atoms with E-state index in [1.54, 1.807) is 18.4 Å². The fourth-order valence-corrected chi connectivity index (χ4v) is 4.08. The van der Waals surface area contributed by atoms with Crippen molar-refractivity contribution < 1.29 is 9.53 Å². The fourth-order valence-electron chi connectivity index (χ4n) is 3.25. The van der Waals surface area contributed by atoms with Gasteiger partial charge in [-0.25, -0.2) is 4.98 Å². The van der Waals surface area contributed by atoms with Gasteiger partial charge in [0.25, 0.3) is 0 Å². The van der Waals surface area contributed by atoms with Crippen LogP contribution in [-0.2, 0) is 16.0 Å². The molecule has 1 aromatic carbocycles. The Morgan fingerprint density at radius 1 is 1.32 bits per heavy atom. The molecule has 1 aliphatic rings. The molecule has 2 N–H and O–H groups in total. The highest BCUT2D eigenvalue weighted by Gasteiger charge is 2.32. The molecule has 1 aliphatic heterocycles. The molecule has 0 atom stereocenters. The average Bonchev–Trinajstić information content (AvgIpc) is 3.10. The number of ether oxygens (including phenoxy) is 1. The van der Waals surface area contributed by atoms with Crippen molar-refractivity contribution in [3.63, 3.8) is 0 Å². The number of carbonyl (C=O) groups is 1. The van der Waals surface area contributed by atoms with Gasteiger partial charge in [-0.2, -0.15) is 0 Å². The van der Waals surface area contributed by atoms with Crippen molar-refractivity contribution in [2.75, 3.05) is 33.4 Å². The zero-order chi connectivity index (χ0) is 17.5. The highest BCUT2D eigenvalue weighted by atomic mass is 32.1. The molecule has 0 spiro atoms. The molecule has 3 rings (SSSR count). The van der Waals surface area contributed by atoms with E-state index in [9.17, 15) is 4.79 Å². The molecule has 0 bridgehead atoms. The quantitative estimate of drug-likeness (QED) is 0.797. The van der Waals surface area contributed by atoms with Crippen LogP contribution in [0.15, 0.2) is 35.7 Å². The summed E-state index contributed by atoms with van der Waals surface area (Å²) < 4.78 is 5.40. The molecule has 1 saturated heterocycles. The Balaban J connectivity index is 1.55. The summed E-state index contributed by atoms with van der Waals surface area (Å²) in [4.78, 5) is 16.9. The smallest absolute Gasteiger partial charge is 0.226 e. The predicted octanol–water partition coefficient (Wildman–Crippen LogP) is 2.49. The molecule has 1 fully saturated rings. The Labute approximate surface area is 152 Å². The van der Waals surface area contributed by atoms with Gasteiger partial charge in [-0.05, 0) is 25.9 Å². The third-order valence-corrected chi connectivity index (χ3v) is 5.63. The van der Waals surface area contributed by atoms with Crippen molar-refractivity contribution in [3.8, 4) is 10.6 Å². The van der Waals surface area contributed by atoms with E-state index < -0.39 is 0 Å². The average molecular weight is 359 g/mol. The molecule has 2 aromatic rings. The van der Waals surface area contributed by atoms with Gasteiger partial charge in [-0.3, -0.25) is 4.79 Å². The first kappa shape index (κ1) is 18.0. The molecule has 2 heterocycles. The lowest BCUT2D eigenvalue weighted by molar-refractivity contribution is -0.121. The second kappa shape index (κ2) is 8.56. The first-order valence-electron chi connectivity index (χ1n) is 8.67. The van der Waals surface area contributed by atoms with Gasteiger partial charge in [0.05, 0.1) is 18.7 Å². The molecule has 0 aliphatic carbocycles. The Morgan fingerprint density at radius 2 is 2.08 bits per heavy atom. The number of benzene rings is 1. The van der Waals surface area contributed by atoms with Crippen LogP contribution < -0.4 is 10.6 Å². The van der Waals surface area contributed by atoms with Gasteiger partial charge in [0.2, 0.25) is 5.91 Å². The second-order valence-electron chi connectivity index (χ2n) is 6.65. The normalized spacial score (nSPS) is 16.5. The maximum absolute atomic E-state index is 12.3. The van der Waals surface area contributed by atoms with Crippen molar-refractivity contribution in [3.05, 3.63) is 41.4 Å². The zero-order valence-corrected chi connectivity index (χ0v) is 15.4. The van der Waals surface area contributed by atoms with E-state index >= 15 is 0 Å². The number of hydrogen-bond donors (Lipinski definition) is 2. The summed E-state index contributed by atoms with van der Waals surface area (Å²) in [6, 6.07) is 10.1. The minimum absolute atomic E-state index is 0.0268. The lowest BCUT2D eigenvalue weighted by Gasteiger charge is -2.37. The Hall–Kier alpha value is -1.76. The van der Waals surface area contributed by atoms with E-state index in [0.717, 1.165) is 42.2 Å². The molecule has 25 heavy (non-hydrogen) atoms. The molecule has 6 heteroatoms. The Kier molecular flexibility index (Phi) is 6.18. The van der Waals surface area contributed by atoms with Crippen LogP contribution in [0, 0.1) is 5.41 Å². The van der Waals surface area contributed by atoms with Crippen molar-refractivity contribution in [2.45, 2.75) is 19.3 Å². The lowest BCUT2D eigenvalue weighted by atomic mass is 9.79. The van der Waals surface area contributed by atoms with Crippen LogP contribution in [0.2, 0.25) is 0 Å². The summed E-state index contributed by atoms with van der Waals surface area (Å²) in [5, 5.41) is 9.39. The number of methoxy groups -OCH3 is 1. The molecule has 0 saturated carbocycles. The standard InChI is InChI=1S/C19H25N3O2S/c1-24-14-19(7-9-20-10-8-19)13-21-17(23)11-16-12-25-18(22-16)15-5-3-2-4-6-15/h2-6,12,20H,7-11,13-14H2,1H3,(H,21,23). The van der Waals surface area contributed by atoms with E-state index in [4.69, 9.17) is 4.74 Å². The van der Waals surface area contributed by atoms with Gasteiger partial charge in [-0.15, -0.1) is 11.3 Å². The molecule has 0 unspecified atom stereocenters. The minimum Gasteiger partial charge on any atom is -0.384 e. The highest BCUT2D eigenvalue weighted by molar-refractivity contribution is 7.13. The number of hydrogen-bond acceptors (Lipinski definition) is 5. The number of rotatable bonds is 7. The Bertz CT molecular complexity index is 675. The number of nitrogens with one attached hydrogen (secondary N) is 2. The first-order valence-corrected chi connectivity index (χ1v) is 9.55. The largest absolute Gasteiger partial charge is 0.384 e. The first-order chi connectivity index (χ1) is 12.2. The number of amides is 1. The summed E-state index contributed by atoms with van der Waals surface area (Å²) in [5.74, 6) is 0.0268. The summed E-state index contributed by atoms with van der Waals surface area (Å²) in [6.45, 7) is 3.30.